The molecular formula is C23H24N2O2S. The molecule has 1 fully saturated rings. The van der Waals surface area contributed by atoms with Gasteiger partial charge in [0.15, 0.2) is 0 Å². The fourth-order valence-corrected chi connectivity index (χ4v) is 4.98. The highest BCUT2D eigenvalue weighted by atomic mass is 32.1. The van der Waals surface area contributed by atoms with E-state index in [0.29, 0.717) is 18.4 Å². The van der Waals surface area contributed by atoms with Crippen LogP contribution in [0.4, 0.5) is 0 Å². The second-order valence-corrected chi connectivity index (χ2v) is 8.76. The van der Waals surface area contributed by atoms with Gasteiger partial charge in [-0.2, -0.15) is 0 Å². The van der Waals surface area contributed by atoms with Crippen LogP contribution in [0, 0.1) is 6.92 Å². The van der Waals surface area contributed by atoms with Crippen LogP contribution < -0.4 is 0 Å². The van der Waals surface area contributed by atoms with E-state index in [4.69, 9.17) is 4.42 Å². The van der Waals surface area contributed by atoms with Crippen LogP contribution in [0.1, 0.15) is 54.3 Å². The molecule has 5 rings (SSSR count). The molecule has 0 bridgehead atoms. The van der Waals surface area contributed by atoms with Crippen LogP contribution in [0.15, 0.2) is 46.2 Å². The van der Waals surface area contributed by atoms with E-state index in [-0.39, 0.29) is 11.9 Å². The number of aryl methyl sites for hydroxylation is 2. The van der Waals surface area contributed by atoms with Crippen molar-refractivity contribution < 1.29 is 9.21 Å². The SMILES string of the molecule is Cc1oc(-c2cccs2)nc1CC(=O)N(C1CC1)C1CCCc2ccccc21. The van der Waals surface area contributed by atoms with Crippen molar-refractivity contribution in [2.45, 2.75) is 57.5 Å². The summed E-state index contributed by atoms with van der Waals surface area (Å²) in [7, 11) is 0. The standard InChI is InChI=1S/C23H24N2O2S/c1-15-19(24-23(27-15)21-10-5-13-28-21)14-22(26)25(17-11-12-17)20-9-4-7-16-6-2-3-8-18(16)20/h2-3,5-6,8,10,13,17,20H,4,7,9,11-12,14H2,1H3. The minimum Gasteiger partial charge on any atom is -0.440 e. The summed E-state index contributed by atoms with van der Waals surface area (Å²) < 4.78 is 5.85. The van der Waals surface area contributed by atoms with Crippen molar-refractivity contribution >= 4 is 17.2 Å². The first-order chi connectivity index (χ1) is 13.7. The van der Waals surface area contributed by atoms with Crippen molar-refractivity contribution in [3.05, 3.63) is 64.4 Å². The lowest BCUT2D eigenvalue weighted by atomic mass is 9.86. The molecule has 0 radical (unpaired) electrons. The lowest BCUT2D eigenvalue weighted by molar-refractivity contribution is -0.134. The van der Waals surface area contributed by atoms with Crippen LogP contribution in [0.3, 0.4) is 0 Å². The maximum absolute atomic E-state index is 13.4. The summed E-state index contributed by atoms with van der Waals surface area (Å²) in [6, 6.07) is 13.2. The number of carbonyl (C=O) groups excluding carboxylic acids is 1. The highest BCUT2D eigenvalue weighted by Gasteiger charge is 2.39. The number of benzene rings is 1. The quantitative estimate of drug-likeness (QED) is 0.590. The molecule has 4 nitrogen and oxygen atoms in total. The Bertz CT molecular complexity index is 988. The average Bonchev–Trinajstić information content (AvgIpc) is 3.24. The van der Waals surface area contributed by atoms with Crippen LogP contribution in [-0.2, 0) is 17.6 Å². The Morgan fingerprint density at radius 2 is 2.07 bits per heavy atom. The zero-order chi connectivity index (χ0) is 19.1. The second-order valence-electron chi connectivity index (χ2n) is 7.81. The maximum atomic E-state index is 13.4. The van der Waals surface area contributed by atoms with Crippen molar-refractivity contribution in [3.8, 4) is 10.8 Å². The highest BCUT2D eigenvalue weighted by Crippen LogP contribution is 2.41. The third-order valence-corrected chi connectivity index (χ3v) is 6.70. The topological polar surface area (TPSA) is 46.3 Å². The summed E-state index contributed by atoms with van der Waals surface area (Å²) in [5.74, 6) is 1.55. The first kappa shape index (κ1) is 17.7. The number of hydrogen-bond donors (Lipinski definition) is 0. The molecule has 5 heteroatoms. The summed E-state index contributed by atoms with van der Waals surface area (Å²) in [5, 5.41) is 2.01. The number of thiophene rings is 1. The number of hydrogen-bond acceptors (Lipinski definition) is 4. The van der Waals surface area contributed by atoms with Gasteiger partial charge < -0.3 is 9.32 Å². The van der Waals surface area contributed by atoms with Gasteiger partial charge in [0.2, 0.25) is 11.8 Å². The lowest BCUT2D eigenvalue weighted by Gasteiger charge is -2.36. The number of nitrogens with zero attached hydrogens (tertiary/aromatic N) is 2. The molecule has 2 aliphatic carbocycles. The molecule has 0 spiro atoms. The molecule has 0 N–H and O–H groups in total. The molecule has 0 saturated heterocycles. The Hall–Kier alpha value is -2.40. The predicted octanol–water partition coefficient (Wildman–Crippen LogP) is 5.32. The zero-order valence-corrected chi connectivity index (χ0v) is 16.9. The van der Waals surface area contributed by atoms with Gasteiger partial charge in [-0.3, -0.25) is 4.79 Å². The van der Waals surface area contributed by atoms with Crippen molar-refractivity contribution in [2.24, 2.45) is 0 Å². The van der Waals surface area contributed by atoms with Crippen LogP contribution in [0.25, 0.3) is 10.8 Å². The van der Waals surface area contributed by atoms with Crippen LogP contribution in [0.5, 0.6) is 0 Å². The maximum Gasteiger partial charge on any atom is 0.236 e. The van der Waals surface area contributed by atoms with E-state index < -0.39 is 0 Å². The fourth-order valence-electron chi connectivity index (χ4n) is 4.33. The summed E-state index contributed by atoms with van der Waals surface area (Å²) in [5.41, 5.74) is 3.50. The Kier molecular flexibility index (Phi) is 4.55. The number of carbonyl (C=O) groups is 1. The van der Waals surface area contributed by atoms with E-state index in [2.05, 4.69) is 34.1 Å². The molecule has 1 unspecified atom stereocenters. The molecule has 0 aliphatic heterocycles. The van der Waals surface area contributed by atoms with Gasteiger partial charge in [0, 0.05) is 6.04 Å². The van der Waals surface area contributed by atoms with Gasteiger partial charge in [-0.1, -0.05) is 30.3 Å². The molecule has 1 saturated carbocycles. The van der Waals surface area contributed by atoms with Crippen LogP contribution >= 0.6 is 11.3 Å². The van der Waals surface area contributed by atoms with Crippen molar-refractivity contribution in [3.63, 3.8) is 0 Å². The van der Waals surface area contributed by atoms with Gasteiger partial charge >= 0.3 is 0 Å². The molecule has 3 aromatic rings. The minimum atomic E-state index is 0.179. The van der Waals surface area contributed by atoms with Gasteiger partial charge in [0.25, 0.3) is 0 Å². The normalized spacial score (nSPS) is 18.7. The predicted molar refractivity (Wildman–Crippen MR) is 110 cm³/mol. The Morgan fingerprint density at radius 3 is 2.86 bits per heavy atom. The van der Waals surface area contributed by atoms with Crippen molar-refractivity contribution in [1.29, 1.82) is 0 Å². The molecule has 1 aromatic carbocycles. The van der Waals surface area contributed by atoms with E-state index in [1.165, 1.54) is 11.1 Å². The summed E-state index contributed by atoms with van der Waals surface area (Å²) in [6.45, 7) is 1.91. The van der Waals surface area contributed by atoms with E-state index in [1.54, 1.807) is 11.3 Å². The summed E-state index contributed by atoms with van der Waals surface area (Å²) in [6.07, 6.45) is 5.86. The van der Waals surface area contributed by atoms with E-state index in [9.17, 15) is 4.79 Å². The largest absolute Gasteiger partial charge is 0.440 e. The Balaban J connectivity index is 1.41. The zero-order valence-electron chi connectivity index (χ0n) is 16.1. The van der Waals surface area contributed by atoms with Gasteiger partial charge in [-0.15, -0.1) is 11.3 Å². The first-order valence-corrected chi connectivity index (χ1v) is 11.0. The summed E-state index contributed by atoms with van der Waals surface area (Å²) in [4.78, 5) is 21.2. The second kappa shape index (κ2) is 7.21. The van der Waals surface area contributed by atoms with E-state index >= 15 is 0 Å². The van der Waals surface area contributed by atoms with Crippen LogP contribution in [-0.4, -0.2) is 21.8 Å². The summed E-state index contributed by atoms with van der Waals surface area (Å²) >= 11 is 1.60. The number of aromatic nitrogens is 1. The van der Waals surface area contributed by atoms with E-state index in [0.717, 1.165) is 48.4 Å². The molecule has 28 heavy (non-hydrogen) atoms. The van der Waals surface area contributed by atoms with Crippen LogP contribution in [0.2, 0.25) is 0 Å². The highest BCUT2D eigenvalue weighted by molar-refractivity contribution is 7.13. The molecule has 1 atom stereocenters. The number of fused-ring (bicyclic) bond motifs is 1. The molecule has 2 aromatic heterocycles. The average molecular weight is 393 g/mol. The van der Waals surface area contributed by atoms with Crippen molar-refractivity contribution in [2.75, 3.05) is 0 Å². The Labute approximate surface area is 169 Å². The minimum absolute atomic E-state index is 0.179. The van der Waals surface area contributed by atoms with Gasteiger partial charge in [0.1, 0.15) is 5.76 Å². The van der Waals surface area contributed by atoms with Gasteiger partial charge in [0.05, 0.1) is 23.0 Å². The molecular weight excluding hydrogens is 368 g/mol. The number of oxazole rings is 1. The number of amides is 1. The Morgan fingerprint density at radius 1 is 1.21 bits per heavy atom. The first-order valence-electron chi connectivity index (χ1n) is 10.1. The molecule has 144 valence electrons. The molecule has 1 amide bonds. The third kappa shape index (κ3) is 3.28. The fraction of sp³-hybridized carbons (Fsp3) is 0.391. The molecule has 2 aliphatic rings. The van der Waals surface area contributed by atoms with Crippen molar-refractivity contribution in [1.82, 2.24) is 9.88 Å². The van der Waals surface area contributed by atoms with Gasteiger partial charge in [-0.05, 0) is 61.6 Å². The number of rotatable bonds is 5. The van der Waals surface area contributed by atoms with Gasteiger partial charge in [-0.25, -0.2) is 4.98 Å². The smallest absolute Gasteiger partial charge is 0.236 e. The lowest BCUT2D eigenvalue weighted by Crippen LogP contribution is -2.39. The molecule has 2 heterocycles. The monoisotopic (exact) mass is 392 g/mol. The third-order valence-electron chi connectivity index (χ3n) is 5.85. The van der Waals surface area contributed by atoms with E-state index in [1.807, 2.05) is 24.4 Å².